The second-order valence-corrected chi connectivity index (χ2v) is 8.46. The SMILES string of the molecule is C/C(Nc1cc(C)n(CCC(C)C)n1)=C1/C(=O)Nc2cnc(-c3cnccc3C)cc21. The van der Waals surface area contributed by atoms with E-state index in [1.807, 2.05) is 43.7 Å². The number of anilines is 2. The molecule has 0 spiro atoms. The second kappa shape index (κ2) is 8.34. The van der Waals surface area contributed by atoms with Gasteiger partial charge in [0, 0.05) is 47.5 Å². The Bertz CT molecular complexity index is 1170. The fraction of sp³-hybridized carbons (Fsp3) is 0.333. The van der Waals surface area contributed by atoms with Crippen molar-refractivity contribution in [3.8, 4) is 11.3 Å². The quantitative estimate of drug-likeness (QED) is 0.564. The van der Waals surface area contributed by atoms with Crippen molar-refractivity contribution in [2.24, 2.45) is 5.92 Å². The molecule has 3 aromatic rings. The number of nitrogens with zero attached hydrogens (tertiary/aromatic N) is 4. The molecule has 0 aromatic carbocycles. The number of hydrogen-bond donors (Lipinski definition) is 2. The molecule has 0 bridgehead atoms. The number of rotatable bonds is 6. The monoisotopic (exact) mass is 416 g/mol. The number of amides is 1. The van der Waals surface area contributed by atoms with Crippen LogP contribution in [0.4, 0.5) is 11.5 Å². The van der Waals surface area contributed by atoms with Gasteiger partial charge < -0.3 is 10.6 Å². The van der Waals surface area contributed by atoms with Crippen molar-refractivity contribution < 1.29 is 4.79 Å². The summed E-state index contributed by atoms with van der Waals surface area (Å²) in [5.74, 6) is 1.22. The van der Waals surface area contributed by atoms with Crippen molar-refractivity contribution in [3.63, 3.8) is 0 Å². The van der Waals surface area contributed by atoms with Crippen LogP contribution >= 0.6 is 0 Å². The van der Waals surface area contributed by atoms with Gasteiger partial charge >= 0.3 is 0 Å². The minimum Gasteiger partial charge on any atom is -0.342 e. The van der Waals surface area contributed by atoms with Crippen molar-refractivity contribution in [2.75, 3.05) is 10.6 Å². The number of carbonyl (C=O) groups excluding carboxylic acids is 1. The Kier molecular flexibility index (Phi) is 5.59. The number of aryl methyl sites for hydroxylation is 3. The molecule has 0 saturated heterocycles. The summed E-state index contributed by atoms with van der Waals surface area (Å²) in [5.41, 5.74) is 6.83. The van der Waals surface area contributed by atoms with Gasteiger partial charge in [-0.1, -0.05) is 13.8 Å². The van der Waals surface area contributed by atoms with Crippen LogP contribution in [-0.2, 0) is 11.3 Å². The molecule has 1 amide bonds. The first-order valence-corrected chi connectivity index (χ1v) is 10.6. The largest absolute Gasteiger partial charge is 0.342 e. The lowest BCUT2D eigenvalue weighted by Gasteiger charge is -2.09. The summed E-state index contributed by atoms with van der Waals surface area (Å²) >= 11 is 0. The fourth-order valence-electron chi connectivity index (χ4n) is 3.75. The summed E-state index contributed by atoms with van der Waals surface area (Å²) in [7, 11) is 0. The van der Waals surface area contributed by atoms with Crippen LogP contribution < -0.4 is 10.6 Å². The van der Waals surface area contributed by atoms with Gasteiger partial charge in [-0.2, -0.15) is 5.10 Å². The van der Waals surface area contributed by atoms with Gasteiger partial charge in [0.05, 0.1) is 23.2 Å². The van der Waals surface area contributed by atoms with Gasteiger partial charge in [0.15, 0.2) is 5.82 Å². The zero-order chi connectivity index (χ0) is 22.1. The van der Waals surface area contributed by atoms with Gasteiger partial charge in [0.25, 0.3) is 5.91 Å². The fourth-order valence-corrected chi connectivity index (χ4v) is 3.75. The molecule has 4 rings (SSSR count). The number of hydrogen-bond acceptors (Lipinski definition) is 5. The molecule has 0 saturated carbocycles. The smallest absolute Gasteiger partial charge is 0.258 e. The van der Waals surface area contributed by atoms with Crippen molar-refractivity contribution in [3.05, 3.63) is 59.3 Å². The maximum Gasteiger partial charge on any atom is 0.258 e. The predicted octanol–water partition coefficient (Wildman–Crippen LogP) is 4.80. The Balaban J connectivity index is 1.66. The molecule has 2 N–H and O–H groups in total. The van der Waals surface area contributed by atoms with E-state index in [1.165, 1.54) is 0 Å². The summed E-state index contributed by atoms with van der Waals surface area (Å²) in [6, 6.07) is 5.91. The lowest BCUT2D eigenvalue weighted by molar-refractivity contribution is -0.110. The van der Waals surface area contributed by atoms with Crippen LogP contribution in [0.3, 0.4) is 0 Å². The first-order chi connectivity index (χ1) is 14.8. The van der Waals surface area contributed by atoms with Gasteiger partial charge in [-0.3, -0.25) is 19.4 Å². The van der Waals surface area contributed by atoms with Crippen LogP contribution in [0.25, 0.3) is 16.8 Å². The molecular formula is C24H28N6O. The highest BCUT2D eigenvalue weighted by atomic mass is 16.2. The molecule has 0 unspecified atom stereocenters. The van der Waals surface area contributed by atoms with Gasteiger partial charge in [-0.25, -0.2) is 0 Å². The lowest BCUT2D eigenvalue weighted by Crippen LogP contribution is -2.09. The summed E-state index contributed by atoms with van der Waals surface area (Å²) in [5, 5.41) is 10.9. The highest BCUT2D eigenvalue weighted by Crippen LogP contribution is 2.36. The van der Waals surface area contributed by atoms with E-state index in [0.717, 1.165) is 52.6 Å². The van der Waals surface area contributed by atoms with Crippen LogP contribution in [-0.4, -0.2) is 25.7 Å². The molecule has 1 aliphatic heterocycles. The van der Waals surface area contributed by atoms with Gasteiger partial charge in [-0.15, -0.1) is 0 Å². The third-order valence-electron chi connectivity index (χ3n) is 5.55. The molecule has 0 atom stereocenters. The normalized spacial score (nSPS) is 14.6. The van der Waals surface area contributed by atoms with Crippen molar-refractivity contribution in [1.29, 1.82) is 0 Å². The minimum absolute atomic E-state index is 0.141. The zero-order valence-corrected chi connectivity index (χ0v) is 18.7. The summed E-state index contributed by atoms with van der Waals surface area (Å²) < 4.78 is 2.01. The van der Waals surface area contributed by atoms with Crippen LogP contribution in [0.5, 0.6) is 0 Å². The van der Waals surface area contributed by atoms with Crippen molar-refractivity contribution >= 4 is 23.0 Å². The second-order valence-electron chi connectivity index (χ2n) is 8.46. The maximum absolute atomic E-state index is 12.8. The number of aromatic nitrogens is 4. The van der Waals surface area contributed by atoms with E-state index in [2.05, 4.69) is 39.5 Å². The van der Waals surface area contributed by atoms with Crippen LogP contribution in [0.15, 0.2) is 42.5 Å². The van der Waals surface area contributed by atoms with E-state index >= 15 is 0 Å². The standard InChI is InChI=1S/C24H28N6O/c1-14(2)7-9-30-16(4)10-22(29-30)27-17(5)23-18-11-20(19-12-25-8-6-15(19)3)26-13-21(18)28-24(23)31/h6,8,10-14H,7,9H2,1-5H3,(H,27,29)(H,28,31)/b23-17-. The van der Waals surface area contributed by atoms with Crippen LogP contribution in [0.2, 0.25) is 0 Å². The summed E-state index contributed by atoms with van der Waals surface area (Å²) in [6.45, 7) is 11.3. The summed E-state index contributed by atoms with van der Waals surface area (Å²) in [6.07, 6.45) is 6.34. The topological polar surface area (TPSA) is 84.7 Å². The number of pyridine rings is 2. The maximum atomic E-state index is 12.8. The molecule has 7 nitrogen and oxygen atoms in total. The Labute approximate surface area is 182 Å². The molecule has 0 radical (unpaired) electrons. The molecule has 3 aromatic heterocycles. The van der Waals surface area contributed by atoms with Gasteiger partial charge in [0.1, 0.15) is 0 Å². The Morgan fingerprint density at radius 2 is 2.00 bits per heavy atom. The predicted molar refractivity (Wildman–Crippen MR) is 123 cm³/mol. The van der Waals surface area contributed by atoms with E-state index < -0.39 is 0 Å². The number of fused-ring (bicyclic) bond motifs is 1. The Morgan fingerprint density at radius 3 is 2.74 bits per heavy atom. The van der Waals surface area contributed by atoms with E-state index in [1.54, 1.807) is 18.6 Å². The minimum atomic E-state index is -0.141. The Hall–Kier alpha value is -3.48. The Morgan fingerprint density at radius 1 is 1.19 bits per heavy atom. The number of nitrogens with one attached hydrogen (secondary N) is 2. The molecule has 1 aliphatic rings. The lowest BCUT2D eigenvalue weighted by atomic mass is 10.0. The van der Waals surface area contributed by atoms with Crippen molar-refractivity contribution in [2.45, 2.75) is 47.6 Å². The molecule has 7 heteroatoms. The third-order valence-corrected chi connectivity index (χ3v) is 5.55. The zero-order valence-electron chi connectivity index (χ0n) is 18.7. The van der Waals surface area contributed by atoms with Crippen LogP contribution in [0.1, 0.15) is 44.0 Å². The van der Waals surface area contributed by atoms with Crippen LogP contribution in [0, 0.1) is 19.8 Å². The summed E-state index contributed by atoms with van der Waals surface area (Å²) in [4.78, 5) is 21.5. The third kappa shape index (κ3) is 4.21. The molecule has 0 aliphatic carbocycles. The van der Waals surface area contributed by atoms with E-state index in [9.17, 15) is 4.79 Å². The molecule has 4 heterocycles. The van der Waals surface area contributed by atoms with E-state index in [-0.39, 0.29) is 5.91 Å². The van der Waals surface area contributed by atoms with E-state index in [0.29, 0.717) is 17.2 Å². The van der Waals surface area contributed by atoms with Gasteiger partial charge in [0.2, 0.25) is 0 Å². The average molecular weight is 417 g/mol. The highest BCUT2D eigenvalue weighted by molar-refractivity contribution is 6.32. The number of carbonyl (C=O) groups is 1. The highest BCUT2D eigenvalue weighted by Gasteiger charge is 2.28. The number of allylic oxidation sites excluding steroid dienone is 1. The first kappa shape index (κ1) is 20.8. The van der Waals surface area contributed by atoms with Gasteiger partial charge in [-0.05, 0) is 50.8 Å². The van der Waals surface area contributed by atoms with E-state index in [4.69, 9.17) is 0 Å². The molecular weight excluding hydrogens is 388 g/mol. The molecule has 0 fully saturated rings. The first-order valence-electron chi connectivity index (χ1n) is 10.6. The molecule has 160 valence electrons. The average Bonchev–Trinajstić information content (AvgIpc) is 3.24. The molecule has 31 heavy (non-hydrogen) atoms. The van der Waals surface area contributed by atoms with Crippen molar-refractivity contribution in [1.82, 2.24) is 19.7 Å².